The van der Waals surface area contributed by atoms with Gasteiger partial charge in [0.15, 0.2) is 5.16 Å². The number of ether oxygens (including phenoxy) is 1. The van der Waals surface area contributed by atoms with Crippen LogP contribution in [0.15, 0.2) is 101 Å². The molecule has 0 amide bonds. The summed E-state index contributed by atoms with van der Waals surface area (Å²) < 4.78 is 13.4. The summed E-state index contributed by atoms with van der Waals surface area (Å²) in [6.07, 6.45) is 5.29. The van der Waals surface area contributed by atoms with Gasteiger partial charge in [0.1, 0.15) is 17.7 Å². The van der Waals surface area contributed by atoms with Gasteiger partial charge in [0.2, 0.25) is 5.89 Å². The van der Waals surface area contributed by atoms with Gasteiger partial charge in [0.05, 0.1) is 30.4 Å². The molecule has 7 heteroatoms. The fraction of sp³-hybridized carbons (Fsp3) is 0.0800. The third-order valence-corrected chi connectivity index (χ3v) is 5.90. The van der Waals surface area contributed by atoms with Crippen LogP contribution in [0, 0.1) is 0 Å². The predicted molar refractivity (Wildman–Crippen MR) is 125 cm³/mol. The van der Waals surface area contributed by atoms with E-state index >= 15 is 0 Å². The molecule has 0 N–H and O–H groups in total. The lowest BCUT2D eigenvalue weighted by Gasteiger charge is -2.15. The normalized spacial score (nSPS) is 10.9. The van der Waals surface area contributed by atoms with E-state index in [0.29, 0.717) is 17.3 Å². The van der Waals surface area contributed by atoms with Crippen molar-refractivity contribution in [2.24, 2.45) is 0 Å². The molecule has 0 radical (unpaired) electrons. The monoisotopic (exact) mass is 440 g/mol. The number of pyridine rings is 1. The summed E-state index contributed by atoms with van der Waals surface area (Å²) in [6.45, 7) is 0. The third-order valence-electron chi connectivity index (χ3n) is 4.91. The Labute approximate surface area is 189 Å². The molecule has 5 rings (SSSR count). The fourth-order valence-electron chi connectivity index (χ4n) is 3.42. The van der Waals surface area contributed by atoms with Crippen LogP contribution in [0.1, 0.15) is 5.69 Å². The van der Waals surface area contributed by atoms with E-state index in [1.807, 2.05) is 66.9 Å². The first kappa shape index (κ1) is 20.1. The largest absolute Gasteiger partial charge is 0.495 e. The van der Waals surface area contributed by atoms with Crippen molar-refractivity contribution in [2.45, 2.75) is 10.9 Å². The number of thioether (sulfide) groups is 1. The highest BCUT2D eigenvalue weighted by molar-refractivity contribution is 7.98. The molecule has 0 bridgehead atoms. The zero-order valence-corrected chi connectivity index (χ0v) is 18.2. The lowest BCUT2D eigenvalue weighted by molar-refractivity contribution is 0.412. The van der Waals surface area contributed by atoms with E-state index in [1.54, 1.807) is 31.3 Å². The number of imidazole rings is 1. The molecule has 0 saturated carbocycles. The summed E-state index contributed by atoms with van der Waals surface area (Å²) in [5.41, 5.74) is 4.55. The van der Waals surface area contributed by atoms with Crippen LogP contribution in [-0.4, -0.2) is 26.6 Å². The summed E-state index contributed by atoms with van der Waals surface area (Å²) in [7, 11) is 1.68. The van der Waals surface area contributed by atoms with Crippen molar-refractivity contribution in [1.82, 2.24) is 19.5 Å². The van der Waals surface area contributed by atoms with Gasteiger partial charge in [0.25, 0.3) is 0 Å². The summed E-state index contributed by atoms with van der Waals surface area (Å²) in [4.78, 5) is 13.6. The molecular weight excluding hydrogens is 420 g/mol. The van der Waals surface area contributed by atoms with Gasteiger partial charge in [-0.1, -0.05) is 60.3 Å². The van der Waals surface area contributed by atoms with Crippen molar-refractivity contribution in [1.29, 1.82) is 0 Å². The van der Waals surface area contributed by atoms with Crippen LogP contribution in [0.5, 0.6) is 5.75 Å². The quantitative estimate of drug-likeness (QED) is 0.294. The Hall–Kier alpha value is -3.84. The van der Waals surface area contributed by atoms with Crippen LogP contribution in [0.25, 0.3) is 28.5 Å². The molecule has 0 unspecified atom stereocenters. The number of aromatic nitrogens is 4. The number of oxazole rings is 1. The molecular formula is C25H20N4O2S. The second-order valence-electron chi connectivity index (χ2n) is 6.95. The highest BCUT2D eigenvalue weighted by atomic mass is 32.2. The van der Waals surface area contributed by atoms with Crippen LogP contribution >= 0.6 is 11.8 Å². The van der Waals surface area contributed by atoms with Crippen LogP contribution in [0.2, 0.25) is 0 Å². The molecule has 3 aromatic heterocycles. The first-order valence-corrected chi connectivity index (χ1v) is 11.1. The van der Waals surface area contributed by atoms with Gasteiger partial charge in [-0.3, -0.25) is 9.55 Å². The van der Waals surface area contributed by atoms with Gasteiger partial charge in [-0.05, 0) is 24.3 Å². The molecule has 5 aromatic rings. The maximum atomic E-state index is 5.64. The van der Waals surface area contributed by atoms with Crippen LogP contribution in [-0.2, 0) is 5.75 Å². The van der Waals surface area contributed by atoms with E-state index in [2.05, 4.69) is 26.7 Å². The van der Waals surface area contributed by atoms with Crippen molar-refractivity contribution in [3.8, 4) is 34.3 Å². The van der Waals surface area contributed by atoms with Gasteiger partial charge in [-0.2, -0.15) is 0 Å². The molecule has 0 saturated heterocycles. The Kier molecular flexibility index (Phi) is 5.72. The van der Waals surface area contributed by atoms with E-state index in [-0.39, 0.29) is 0 Å². The number of hydrogen-bond acceptors (Lipinski definition) is 6. The number of benzene rings is 2. The molecule has 0 fully saturated rings. The topological polar surface area (TPSA) is 66.0 Å². The van der Waals surface area contributed by atoms with Crippen LogP contribution in [0.4, 0.5) is 0 Å². The summed E-state index contributed by atoms with van der Waals surface area (Å²) in [6, 6.07) is 23.8. The Morgan fingerprint density at radius 1 is 0.938 bits per heavy atom. The lowest BCUT2D eigenvalue weighted by Crippen LogP contribution is -2.02. The molecule has 0 atom stereocenters. The van der Waals surface area contributed by atoms with Crippen molar-refractivity contribution < 1.29 is 9.15 Å². The SMILES string of the molecule is COc1ccccc1-n1c(-c2ccccc2)cnc1SCc1coc(-c2ccccn2)n1. The highest BCUT2D eigenvalue weighted by Crippen LogP contribution is 2.35. The number of hydrogen-bond donors (Lipinski definition) is 0. The lowest BCUT2D eigenvalue weighted by atomic mass is 10.1. The van der Waals surface area contributed by atoms with Gasteiger partial charge < -0.3 is 9.15 Å². The molecule has 2 aromatic carbocycles. The zero-order valence-electron chi connectivity index (χ0n) is 17.4. The Bertz CT molecular complexity index is 1320. The molecule has 0 spiro atoms. The summed E-state index contributed by atoms with van der Waals surface area (Å²) >= 11 is 1.59. The average Bonchev–Trinajstić information content (AvgIpc) is 3.51. The molecule has 0 aliphatic heterocycles. The second kappa shape index (κ2) is 9.11. The van der Waals surface area contributed by atoms with Gasteiger partial charge in [0, 0.05) is 17.5 Å². The number of para-hydroxylation sites is 2. The standard InChI is InChI=1S/C25H20N4O2S/c1-30-23-13-6-5-12-21(23)29-22(18-9-3-2-4-10-18)15-27-25(29)32-17-19-16-31-24(28-19)20-11-7-8-14-26-20/h2-16H,17H2,1H3. The third kappa shape index (κ3) is 4.02. The maximum Gasteiger partial charge on any atom is 0.245 e. The molecule has 6 nitrogen and oxygen atoms in total. The zero-order chi connectivity index (χ0) is 21.8. The number of methoxy groups -OCH3 is 1. The summed E-state index contributed by atoms with van der Waals surface area (Å²) in [5, 5.41) is 0.843. The number of rotatable bonds is 7. The van der Waals surface area contributed by atoms with Crippen molar-refractivity contribution in [2.75, 3.05) is 7.11 Å². The van der Waals surface area contributed by atoms with Crippen molar-refractivity contribution >= 4 is 11.8 Å². The van der Waals surface area contributed by atoms with Gasteiger partial charge >= 0.3 is 0 Å². The minimum Gasteiger partial charge on any atom is -0.495 e. The Morgan fingerprint density at radius 2 is 1.75 bits per heavy atom. The minimum atomic E-state index is 0.513. The maximum absolute atomic E-state index is 5.64. The molecule has 3 heterocycles. The first-order chi connectivity index (χ1) is 15.8. The Balaban J connectivity index is 1.48. The minimum absolute atomic E-state index is 0.513. The fourth-order valence-corrected chi connectivity index (χ4v) is 4.28. The van der Waals surface area contributed by atoms with E-state index in [9.17, 15) is 0 Å². The predicted octanol–water partition coefficient (Wildman–Crippen LogP) is 5.89. The van der Waals surface area contributed by atoms with E-state index in [1.165, 1.54) is 0 Å². The number of nitrogens with zero attached hydrogens (tertiary/aromatic N) is 4. The Morgan fingerprint density at radius 3 is 2.56 bits per heavy atom. The highest BCUT2D eigenvalue weighted by Gasteiger charge is 2.18. The van der Waals surface area contributed by atoms with Crippen LogP contribution < -0.4 is 4.74 Å². The van der Waals surface area contributed by atoms with Crippen molar-refractivity contribution in [3.05, 3.63) is 97.1 Å². The average molecular weight is 441 g/mol. The smallest absolute Gasteiger partial charge is 0.245 e. The van der Waals surface area contributed by atoms with Gasteiger partial charge in [-0.15, -0.1) is 0 Å². The van der Waals surface area contributed by atoms with E-state index in [0.717, 1.165) is 33.5 Å². The van der Waals surface area contributed by atoms with Gasteiger partial charge in [-0.25, -0.2) is 9.97 Å². The molecule has 32 heavy (non-hydrogen) atoms. The second-order valence-corrected chi connectivity index (χ2v) is 7.89. The van der Waals surface area contributed by atoms with Crippen molar-refractivity contribution in [3.63, 3.8) is 0 Å². The first-order valence-electron chi connectivity index (χ1n) is 10.1. The van der Waals surface area contributed by atoms with E-state index in [4.69, 9.17) is 14.1 Å². The van der Waals surface area contributed by atoms with E-state index < -0.39 is 0 Å². The molecule has 0 aliphatic rings. The molecule has 158 valence electrons. The molecule has 0 aliphatic carbocycles. The summed E-state index contributed by atoms with van der Waals surface area (Å²) in [5.74, 6) is 1.90. The van der Waals surface area contributed by atoms with Crippen LogP contribution in [0.3, 0.4) is 0 Å².